The molecule has 6 heterocycles. The molecule has 0 bridgehead atoms. The fourth-order valence-electron chi connectivity index (χ4n) is 6.20. The first-order chi connectivity index (χ1) is 24.6. The largest absolute Gasteiger partial charge is 0.380 e. The SMILES string of the molecule is CCc1cc(C(C)(C)C)sc1-c1cc(C2=C(c3cc(-c4ccc(C(C)(C)C)s4)sc3-c3ccc(Br)s3)C(F)(F)C(F)(F)C2(F)F)c(-c2ccc(Br)s2)s1. The minimum atomic E-state index is -5.70. The van der Waals surface area contributed by atoms with Gasteiger partial charge in [-0.1, -0.05) is 48.5 Å². The molecule has 0 saturated heterocycles. The van der Waals surface area contributed by atoms with Crippen molar-refractivity contribution in [3.63, 3.8) is 0 Å². The molecule has 0 aromatic carbocycles. The van der Waals surface area contributed by atoms with Gasteiger partial charge in [-0.15, -0.1) is 68.0 Å². The highest BCUT2D eigenvalue weighted by Gasteiger charge is 2.80. The van der Waals surface area contributed by atoms with E-state index in [1.165, 1.54) is 68.8 Å². The zero-order valence-electron chi connectivity index (χ0n) is 29.4. The molecule has 0 spiro atoms. The van der Waals surface area contributed by atoms with Gasteiger partial charge in [0.2, 0.25) is 0 Å². The molecule has 0 saturated carbocycles. The van der Waals surface area contributed by atoms with Crippen LogP contribution in [0.5, 0.6) is 0 Å². The number of hydrogen-bond acceptors (Lipinski definition) is 6. The Balaban J connectivity index is 1.57. The number of thiophene rings is 6. The van der Waals surface area contributed by atoms with Gasteiger partial charge in [0.05, 0.1) is 17.3 Å². The third-order valence-electron chi connectivity index (χ3n) is 9.00. The minimum absolute atomic E-state index is 0.194. The van der Waals surface area contributed by atoms with Crippen molar-refractivity contribution in [1.82, 2.24) is 0 Å². The Labute approximate surface area is 345 Å². The van der Waals surface area contributed by atoms with E-state index < -0.39 is 28.9 Å². The lowest BCUT2D eigenvalue weighted by Crippen LogP contribution is -2.48. The summed E-state index contributed by atoms with van der Waals surface area (Å²) in [4.78, 5) is 6.28. The molecule has 0 nitrogen and oxygen atoms in total. The Morgan fingerprint density at radius 3 is 1.42 bits per heavy atom. The van der Waals surface area contributed by atoms with Crippen LogP contribution < -0.4 is 0 Å². The van der Waals surface area contributed by atoms with Crippen molar-refractivity contribution in [2.24, 2.45) is 0 Å². The van der Waals surface area contributed by atoms with E-state index in [4.69, 9.17) is 0 Å². The fraction of sp³-hybridized carbons (Fsp3) is 0.333. The first-order valence-corrected chi connectivity index (χ1v) is 23.0. The van der Waals surface area contributed by atoms with E-state index in [0.717, 1.165) is 36.4 Å². The zero-order chi connectivity index (χ0) is 38.6. The number of alkyl halides is 6. The van der Waals surface area contributed by atoms with Crippen LogP contribution in [0.1, 0.15) is 74.9 Å². The summed E-state index contributed by atoms with van der Waals surface area (Å²) in [6, 6.07) is 15.6. The quantitative estimate of drug-likeness (QED) is 0.140. The second kappa shape index (κ2) is 13.6. The molecule has 0 aliphatic heterocycles. The van der Waals surface area contributed by atoms with E-state index in [0.29, 0.717) is 33.5 Å². The highest BCUT2D eigenvalue weighted by atomic mass is 79.9. The number of allylic oxidation sites excluding steroid dienone is 2. The number of aryl methyl sites for hydroxylation is 1. The molecule has 0 unspecified atom stereocenters. The molecule has 0 radical (unpaired) electrons. The number of halogens is 8. The summed E-state index contributed by atoms with van der Waals surface area (Å²) in [6.07, 6.45) is 0.645. The van der Waals surface area contributed by atoms with Crippen molar-refractivity contribution in [2.75, 3.05) is 0 Å². The van der Waals surface area contributed by atoms with Crippen molar-refractivity contribution in [2.45, 2.75) is 83.5 Å². The standard InChI is InChI=1S/C39H32Br2F6S6/c1-8-18-15-27(36(5,6)7)53-32(18)25-17-20(34(52-25)23-11-14-29(41)50-23)31-30(37(42,43)39(46,47)38(31,44)45)19-16-24(21-9-12-26(48-21)35(2,3)4)51-33(19)22-10-13-28(40)49-22/h9-17H,8H2,1-7H3. The van der Waals surface area contributed by atoms with E-state index in [2.05, 4.69) is 79.5 Å². The van der Waals surface area contributed by atoms with Crippen LogP contribution in [0.2, 0.25) is 0 Å². The van der Waals surface area contributed by atoms with Gasteiger partial charge < -0.3 is 0 Å². The van der Waals surface area contributed by atoms with Crippen LogP contribution >= 0.6 is 99.9 Å². The summed E-state index contributed by atoms with van der Waals surface area (Å²) in [7, 11) is 0. The summed E-state index contributed by atoms with van der Waals surface area (Å²) in [6.45, 7) is 14.4. The van der Waals surface area contributed by atoms with Gasteiger partial charge in [-0.3, -0.25) is 0 Å². The maximum Gasteiger partial charge on any atom is 0.380 e. The third-order valence-corrected chi connectivity index (χ3v) is 18.4. The molecule has 6 aromatic rings. The molecule has 7 rings (SSSR count). The Bertz CT molecular complexity index is 2380. The lowest BCUT2D eigenvalue weighted by molar-refractivity contribution is -0.254. The maximum atomic E-state index is 16.6. The molecular formula is C39H32Br2F6S6. The van der Waals surface area contributed by atoms with Crippen LogP contribution in [0.15, 0.2) is 62.2 Å². The van der Waals surface area contributed by atoms with E-state index in [9.17, 15) is 0 Å². The van der Waals surface area contributed by atoms with E-state index in [1.807, 2.05) is 19.1 Å². The molecule has 14 heteroatoms. The molecule has 0 N–H and O–H groups in total. The predicted octanol–water partition coefficient (Wildman–Crippen LogP) is 17.2. The fourth-order valence-corrected chi connectivity index (χ4v) is 14.1. The van der Waals surface area contributed by atoms with Gasteiger partial charge in [-0.25, -0.2) is 0 Å². The summed E-state index contributed by atoms with van der Waals surface area (Å²) in [5.41, 5.74) is -2.70. The highest BCUT2D eigenvalue weighted by Crippen LogP contribution is 2.68. The van der Waals surface area contributed by atoms with Crippen molar-refractivity contribution >= 4 is 111 Å². The summed E-state index contributed by atoms with van der Waals surface area (Å²) < 4.78 is 99.8. The van der Waals surface area contributed by atoms with Gasteiger partial charge in [0.1, 0.15) is 0 Å². The first-order valence-electron chi connectivity index (χ1n) is 16.5. The monoisotopic (exact) mass is 964 g/mol. The number of hydrogen-bond donors (Lipinski definition) is 0. The van der Waals surface area contributed by atoms with Crippen LogP contribution in [0.3, 0.4) is 0 Å². The predicted molar refractivity (Wildman–Crippen MR) is 226 cm³/mol. The Morgan fingerprint density at radius 1 is 0.509 bits per heavy atom. The van der Waals surface area contributed by atoms with Gasteiger partial charge in [0.15, 0.2) is 0 Å². The second-order valence-electron chi connectivity index (χ2n) is 14.9. The molecule has 53 heavy (non-hydrogen) atoms. The van der Waals surface area contributed by atoms with E-state index in [1.54, 1.807) is 24.3 Å². The van der Waals surface area contributed by atoms with E-state index >= 15 is 26.3 Å². The number of rotatable bonds is 7. The molecule has 1 aliphatic rings. The topological polar surface area (TPSA) is 0 Å². The van der Waals surface area contributed by atoms with Crippen LogP contribution in [0, 0.1) is 0 Å². The molecule has 0 atom stereocenters. The van der Waals surface area contributed by atoms with Gasteiger partial charge in [-0.05, 0) is 109 Å². The summed E-state index contributed by atoms with van der Waals surface area (Å²) in [5, 5.41) is 0. The van der Waals surface area contributed by atoms with Crippen LogP contribution in [-0.2, 0) is 17.3 Å². The average molecular weight is 967 g/mol. The van der Waals surface area contributed by atoms with Crippen LogP contribution in [-0.4, -0.2) is 17.8 Å². The molecule has 280 valence electrons. The van der Waals surface area contributed by atoms with Gasteiger partial charge in [-0.2, -0.15) is 26.3 Å². The average Bonchev–Trinajstić information content (AvgIpc) is 3.89. The first kappa shape index (κ1) is 39.7. The van der Waals surface area contributed by atoms with Crippen molar-refractivity contribution in [3.8, 4) is 39.0 Å². The Hall–Kier alpha value is -1.52. The second-order valence-corrected chi connectivity index (χ2v) is 24.0. The lowest BCUT2D eigenvalue weighted by Gasteiger charge is -2.25. The van der Waals surface area contributed by atoms with Crippen LogP contribution in [0.25, 0.3) is 50.2 Å². The highest BCUT2D eigenvalue weighted by molar-refractivity contribution is 9.11. The molecule has 0 fully saturated rings. The molecule has 6 aromatic heterocycles. The summed E-state index contributed by atoms with van der Waals surface area (Å²) in [5.74, 6) is -16.1. The molecule has 1 aliphatic carbocycles. The maximum absolute atomic E-state index is 16.6. The smallest absolute Gasteiger partial charge is 0.194 e. The molecular weight excluding hydrogens is 935 g/mol. The van der Waals surface area contributed by atoms with Crippen molar-refractivity contribution in [3.05, 3.63) is 88.6 Å². The summed E-state index contributed by atoms with van der Waals surface area (Å²) >= 11 is 14.6. The van der Waals surface area contributed by atoms with Gasteiger partial charge in [0.25, 0.3) is 0 Å². The zero-order valence-corrected chi connectivity index (χ0v) is 37.4. The van der Waals surface area contributed by atoms with Crippen molar-refractivity contribution < 1.29 is 26.3 Å². The van der Waals surface area contributed by atoms with Crippen molar-refractivity contribution in [1.29, 1.82) is 0 Å². The van der Waals surface area contributed by atoms with Gasteiger partial charge >= 0.3 is 17.8 Å². The van der Waals surface area contributed by atoms with E-state index in [-0.39, 0.29) is 31.7 Å². The molecule has 0 amide bonds. The lowest BCUT2D eigenvalue weighted by atomic mass is 9.93. The normalized spacial score (nSPS) is 17.0. The minimum Gasteiger partial charge on any atom is -0.194 e. The Kier molecular flexibility index (Phi) is 10.2. The third kappa shape index (κ3) is 6.66. The van der Waals surface area contributed by atoms with Gasteiger partial charge in [0, 0.05) is 61.3 Å². The van der Waals surface area contributed by atoms with Crippen LogP contribution in [0.4, 0.5) is 26.3 Å². The Morgan fingerprint density at radius 2 is 0.981 bits per heavy atom.